The molecule has 0 amide bonds. The van der Waals surface area contributed by atoms with Gasteiger partial charge in [-0.05, 0) is 58.2 Å². The summed E-state index contributed by atoms with van der Waals surface area (Å²) in [5.74, 6) is 0.430. The van der Waals surface area contributed by atoms with E-state index in [-0.39, 0.29) is 5.82 Å². The zero-order chi connectivity index (χ0) is 15.2. The second kappa shape index (κ2) is 7.97. The highest BCUT2D eigenvalue weighted by Gasteiger charge is 2.08. The van der Waals surface area contributed by atoms with Crippen molar-refractivity contribution in [2.75, 3.05) is 6.54 Å². The van der Waals surface area contributed by atoms with Crippen molar-refractivity contribution in [1.82, 2.24) is 5.32 Å². The average molecular weight is 368 g/mol. The van der Waals surface area contributed by atoms with Crippen molar-refractivity contribution in [3.05, 3.63) is 58.3 Å². The Morgan fingerprint density at radius 2 is 1.90 bits per heavy atom. The molecule has 0 unspecified atom stereocenters. The minimum atomic E-state index is -0.167. The zero-order valence-corrected chi connectivity index (χ0v) is 14.6. The summed E-state index contributed by atoms with van der Waals surface area (Å²) in [5, 5.41) is 3.33. The third kappa shape index (κ3) is 5.13. The first-order valence-corrected chi connectivity index (χ1v) is 8.58. The Labute approximate surface area is 138 Å². The Hall–Kier alpha value is -0.840. The maximum atomic E-state index is 14.2. The molecule has 0 fully saturated rings. The molecule has 0 heterocycles. The Bertz CT molecular complexity index is 601. The van der Waals surface area contributed by atoms with Gasteiger partial charge >= 0.3 is 0 Å². The molecule has 0 radical (unpaired) electrons. The summed E-state index contributed by atoms with van der Waals surface area (Å²) in [6.45, 7) is 5.96. The molecule has 0 saturated heterocycles. The number of halogens is 2. The summed E-state index contributed by atoms with van der Waals surface area (Å²) < 4.78 is 15.2. The second-order valence-corrected chi connectivity index (χ2v) is 7.26. The van der Waals surface area contributed by atoms with E-state index in [2.05, 4.69) is 35.1 Å². The molecule has 21 heavy (non-hydrogen) atoms. The molecular formula is C17H19BrFNS. The van der Waals surface area contributed by atoms with E-state index in [1.54, 1.807) is 6.07 Å². The summed E-state index contributed by atoms with van der Waals surface area (Å²) in [5.41, 5.74) is 0.977. The summed E-state index contributed by atoms with van der Waals surface area (Å²) in [6.07, 6.45) is 0. The molecule has 2 rings (SSSR count). The molecule has 0 aliphatic rings. The Kier molecular flexibility index (Phi) is 6.27. The van der Waals surface area contributed by atoms with Gasteiger partial charge in [0.1, 0.15) is 5.82 Å². The van der Waals surface area contributed by atoms with E-state index in [4.69, 9.17) is 0 Å². The largest absolute Gasteiger partial charge is 0.312 e. The van der Waals surface area contributed by atoms with Crippen LogP contribution in [0.4, 0.5) is 4.39 Å². The van der Waals surface area contributed by atoms with Gasteiger partial charge in [-0.3, -0.25) is 0 Å². The van der Waals surface area contributed by atoms with Crippen LogP contribution in [0.25, 0.3) is 0 Å². The van der Waals surface area contributed by atoms with E-state index < -0.39 is 0 Å². The third-order valence-corrected chi connectivity index (χ3v) is 5.02. The van der Waals surface area contributed by atoms with Gasteiger partial charge in [0, 0.05) is 20.8 Å². The van der Waals surface area contributed by atoms with Crippen LogP contribution < -0.4 is 5.32 Å². The van der Waals surface area contributed by atoms with E-state index >= 15 is 0 Å². The molecule has 0 aromatic heterocycles. The van der Waals surface area contributed by atoms with E-state index in [0.717, 1.165) is 21.5 Å². The standard InChI is InChI=1S/C17H19BrFNS/c1-12(2)10-20-11-13-7-8-17(15(19)9-13)21-16-6-4-3-5-14(16)18/h3-9,12,20H,10-11H2,1-2H3. The van der Waals surface area contributed by atoms with Crippen LogP contribution in [0, 0.1) is 11.7 Å². The van der Waals surface area contributed by atoms with Crippen LogP contribution >= 0.6 is 27.7 Å². The fraction of sp³-hybridized carbons (Fsp3) is 0.294. The lowest BCUT2D eigenvalue weighted by atomic mass is 10.2. The smallest absolute Gasteiger partial charge is 0.137 e. The van der Waals surface area contributed by atoms with Crippen molar-refractivity contribution in [3.8, 4) is 0 Å². The van der Waals surface area contributed by atoms with Gasteiger partial charge in [-0.15, -0.1) is 0 Å². The molecule has 0 bridgehead atoms. The number of nitrogens with one attached hydrogen (secondary N) is 1. The van der Waals surface area contributed by atoms with Crippen LogP contribution in [0.3, 0.4) is 0 Å². The maximum absolute atomic E-state index is 14.2. The van der Waals surface area contributed by atoms with Crippen molar-refractivity contribution in [2.45, 2.75) is 30.2 Å². The molecule has 0 aliphatic heterocycles. The highest BCUT2D eigenvalue weighted by molar-refractivity contribution is 9.10. The van der Waals surface area contributed by atoms with Gasteiger partial charge in [0.15, 0.2) is 0 Å². The zero-order valence-electron chi connectivity index (χ0n) is 12.2. The minimum Gasteiger partial charge on any atom is -0.312 e. The first-order valence-electron chi connectivity index (χ1n) is 6.98. The lowest BCUT2D eigenvalue weighted by molar-refractivity contribution is 0.548. The summed E-state index contributed by atoms with van der Waals surface area (Å²) in [4.78, 5) is 1.66. The quantitative estimate of drug-likeness (QED) is 0.724. The Balaban J connectivity index is 2.04. The summed E-state index contributed by atoms with van der Waals surface area (Å²) in [7, 11) is 0. The number of benzene rings is 2. The third-order valence-electron chi connectivity index (χ3n) is 2.93. The first-order chi connectivity index (χ1) is 10.1. The van der Waals surface area contributed by atoms with Crippen LogP contribution in [0.2, 0.25) is 0 Å². The molecule has 1 N–H and O–H groups in total. The van der Waals surface area contributed by atoms with Crippen molar-refractivity contribution >= 4 is 27.7 Å². The molecule has 4 heteroatoms. The van der Waals surface area contributed by atoms with E-state index in [0.29, 0.717) is 17.4 Å². The molecule has 0 saturated carbocycles. The van der Waals surface area contributed by atoms with Gasteiger partial charge in [-0.1, -0.05) is 43.8 Å². The van der Waals surface area contributed by atoms with Crippen molar-refractivity contribution in [2.24, 2.45) is 5.92 Å². The topological polar surface area (TPSA) is 12.0 Å². The molecule has 2 aromatic rings. The van der Waals surface area contributed by atoms with Crippen molar-refractivity contribution in [3.63, 3.8) is 0 Å². The normalized spacial score (nSPS) is 11.1. The molecule has 0 aliphatic carbocycles. The Morgan fingerprint density at radius 1 is 1.14 bits per heavy atom. The molecular weight excluding hydrogens is 349 g/mol. The van der Waals surface area contributed by atoms with Gasteiger partial charge in [0.25, 0.3) is 0 Å². The van der Waals surface area contributed by atoms with Gasteiger partial charge in [-0.25, -0.2) is 4.39 Å². The van der Waals surface area contributed by atoms with E-state index in [1.165, 1.54) is 11.8 Å². The highest BCUT2D eigenvalue weighted by atomic mass is 79.9. The number of hydrogen-bond acceptors (Lipinski definition) is 2. The minimum absolute atomic E-state index is 0.167. The van der Waals surface area contributed by atoms with Gasteiger partial charge < -0.3 is 5.32 Å². The van der Waals surface area contributed by atoms with E-state index in [1.807, 2.05) is 36.4 Å². The predicted octanol–water partition coefficient (Wildman–Crippen LogP) is 5.49. The molecule has 112 valence electrons. The van der Waals surface area contributed by atoms with Crippen LogP contribution in [-0.2, 0) is 6.54 Å². The lowest BCUT2D eigenvalue weighted by Crippen LogP contribution is -2.18. The van der Waals surface area contributed by atoms with Crippen LogP contribution in [0.1, 0.15) is 19.4 Å². The van der Waals surface area contributed by atoms with E-state index in [9.17, 15) is 4.39 Å². The van der Waals surface area contributed by atoms with Crippen molar-refractivity contribution in [1.29, 1.82) is 0 Å². The fourth-order valence-corrected chi connectivity index (χ4v) is 3.26. The molecule has 0 atom stereocenters. The van der Waals surface area contributed by atoms with Crippen LogP contribution in [-0.4, -0.2) is 6.54 Å². The maximum Gasteiger partial charge on any atom is 0.137 e. The summed E-state index contributed by atoms with van der Waals surface area (Å²) >= 11 is 4.92. The van der Waals surface area contributed by atoms with Gasteiger partial charge in [0.05, 0.1) is 0 Å². The monoisotopic (exact) mass is 367 g/mol. The Morgan fingerprint density at radius 3 is 2.57 bits per heavy atom. The van der Waals surface area contributed by atoms with Gasteiger partial charge in [-0.2, -0.15) is 0 Å². The molecule has 1 nitrogen and oxygen atoms in total. The fourth-order valence-electron chi connectivity index (χ4n) is 1.89. The van der Waals surface area contributed by atoms with Crippen LogP contribution in [0.5, 0.6) is 0 Å². The number of hydrogen-bond donors (Lipinski definition) is 1. The second-order valence-electron chi connectivity index (χ2n) is 5.32. The molecule has 0 spiro atoms. The molecule has 2 aromatic carbocycles. The van der Waals surface area contributed by atoms with Gasteiger partial charge in [0.2, 0.25) is 0 Å². The predicted molar refractivity (Wildman–Crippen MR) is 91.2 cm³/mol. The number of rotatable bonds is 6. The van der Waals surface area contributed by atoms with Crippen LogP contribution in [0.15, 0.2) is 56.7 Å². The van der Waals surface area contributed by atoms with Crippen molar-refractivity contribution < 1.29 is 4.39 Å². The highest BCUT2D eigenvalue weighted by Crippen LogP contribution is 2.34. The SMILES string of the molecule is CC(C)CNCc1ccc(Sc2ccccc2Br)c(F)c1. The summed E-state index contributed by atoms with van der Waals surface area (Å²) in [6, 6.07) is 13.3. The average Bonchev–Trinajstić information content (AvgIpc) is 2.43. The lowest BCUT2D eigenvalue weighted by Gasteiger charge is -2.09. The first kappa shape index (κ1) is 16.5.